The minimum Gasteiger partial charge on any atom is -0.493 e. The molecule has 0 unspecified atom stereocenters. The summed E-state index contributed by atoms with van der Waals surface area (Å²) in [5, 5.41) is 0. The van der Waals surface area contributed by atoms with Gasteiger partial charge in [0.15, 0.2) is 11.5 Å². The molecule has 0 saturated carbocycles. The number of ether oxygens (including phenoxy) is 3. The number of benzene rings is 3. The standard InChI is InChI=1S/C31H34N2O4/c1-6-37-28-15-11-10-14-26(28)33-22(2)25(21-27(33)24-12-8-7-9-13-24)31(34)32(3)19-18-23-16-17-29(35-4)30(20-23)36-5/h7-17,20-21H,6,18-19H2,1-5H3. The first kappa shape index (κ1) is 25.9. The van der Waals surface area contributed by atoms with E-state index in [0.717, 1.165) is 34.0 Å². The predicted octanol–water partition coefficient (Wildman–Crippen LogP) is 6.18. The fourth-order valence-corrected chi connectivity index (χ4v) is 4.51. The first-order chi connectivity index (χ1) is 18.0. The summed E-state index contributed by atoms with van der Waals surface area (Å²) >= 11 is 0. The Balaban J connectivity index is 1.67. The van der Waals surface area contributed by atoms with Crippen LogP contribution in [0.5, 0.6) is 17.2 Å². The summed E-state index contributed by atoms with van der Waals surface area (Å²) in [4.78, 5) is 15.5. The third kappa shape index (κ3) is 5.48. The number of carbonyl (C=O) groups excluding carboxylic acids is 1. The molecule has 192 valence electrons. The van der Waals surface area contributed by atoms with Gasteiger partial charge in [0.2, 0.25) is 0 Å². The summed E-state index contributed by atoms with van der Waals surface area (Å²) in [6, 6.07) is 25.9. The van der Waals surface area contributed by atoms with E-state index in [2.05, 4.69) is 16.7 Å². The number of aromatic nitrogens is 1. The zero-order chi connectivity index (χ0) is 26.4. The van der Waals surface area contributed by atoms with Crippen molar-refractivity contribution in [2.24, 2.45) is 0 Å². The van der Waals surface area contributed by atoms with Gasteiger partial charge in [0.25, 0.3) is 5.91 Å². The predicted molar refractivity (Wildman–Crippen MR) is 147 cm³/mol. The topological polar surface area (TPSA) is 52.9 Å². The van der Waals surface area contributed by atoms with Crippen molar-refractivity contribution in [2.45, 2.75) is 20.3 Å². The molecule has 37 heavy (non-hydrogen) atoms. The molecule has 4 rings (SSSR count). The van der Waals surface area contributed by atoms with Crippen molar-refractivity contribution < 1.29 is 19.0 Å². The number of rotatable bonds is 10. The van der Waals surface area contributed by atoms with Gasteiger partial charge in [-0.05, 0) is 61.7 Å². The molecular formula is C31H34N2O4. The van der Waals surface area contributed by atoms with Crippen LogP contribution in [-0.4, -0.2) is 49.8 Å². The second-order valence-corrected chi connectivity index (χ2v) is 8.80. The van der Waals surface area contributed by atoms with Gasteiger partial charge in [0, 0.05) is 19.3 Å². The molecule has 0 bridgehead atoms. The third-order valence-corrected chi connectivity index (χ3v) is 6.48. The molecule has 0 N–H and O–H groups in total. The first-order valence-corrected chi connectivity index (χ1v) is 12.4. The molecule has 4 aromatic rings. The van der Waals surface area contributed by atoms with Crippen molar-refractivity contribution in [2.75, 3.05) is 34.4 Å². The molecule has 0 aliphatic rings. The second kappa shape index (κ2) is 11.7. The van der Waals surface area contributed by atoms with Crippen LogP contribution < -0.4 is 14.2 Å². The maximum absolute atomic E-state index is 13.7. The average molecular weight is 499 g/mol. The molecular weight excluding hydrogens is 464 g/mol. The molecule has 0 aliphatic heterocycles. The number of likely N-dealkylation sites (N-methyl/N-ethyl adjacent to an activating group) is 1. The highest BCUT2D eigenvalue weighted by molar-refractivity contribution is 5.97. The van der Waals surface area contributed by atoms with E-state index in [1.807, 2.05) is 87.6 Å². The normalized spacial score (nSPS) is 10.7. The summed E-state index contributed by atoms with van der Waals surface area (Å²) in [6.07, 6.45) is 0.696. The summed E-state index contributed by atoms with van der Waals surface area (Å²) in [7, 11) is 5.09. The second-order valence-electron chi connectivity index (χ2n) is 8.80. The van der Waals surface area contributed by atoms with Crippen LogP contribution in [0.15, 0.2) is 78.9 Å². The van der Waals surface area contributed by atoms with Crippen LogP contribution in [0.3, 0.4) is 0 Å². The van der Waals surface area contributed by atoms with E-state index in [-0.39, 0.29) is 5.91 Å². The highest BCUT2D eigenvalue weighted by Gasteiger charge is 2.23. The van der Waals surface area contributed by atoms with Gasteiger partial charge < -0.3 is 23.7 Å². The van der Waals surface area contributed by atoms with E-state index in [9.17, 15) is 4.79 Å². The highest BCUT2D eigenvalue weighted by atomic mass is 16.5. The van der Waals surface area contributed by atoms with Gasteiger partial charge in [0.05, 0.1) is 37.8 Å². The van der Waals surface area contributed by atoms with Crippen LogP contribution in [0, 0.1) is 6.92 Å². The summed E-state index contributed by atoms with van der Waals surface area (Å²) in [5.41, 5.74) is 5.50. The van der Waals surface area contributed by atoms with Gasteiger partial charge in [-0.2, -0.15) is 0 Å². The monoisotopic (exact) mass is 498 g/mol. The Morgan fingerprint density at radius 2 is 1.57 bits per heavy atom. The largest absolute Gasteiger partial charge is 0.493 e. The van der Waals surface area contributed by atoms with Crippen molar-refractivity contribution in [1.82, 2.24) is 9.47 Å². The highest BCUT2D eigenvalue weighted by Crippen LogP contribution is 2.34. The van der Waals surface area contributed by atoms with Crippen LogP contribution in [0.2, 0.25) is 0 Å². The molecule has 1 aromatic heterocycles. The van der Waals surface area contributed by atoms with Crippen molar-refractivity contribution in [3.63, 3.8) is 0 Å². The van der Waals surface area contributed by atoms with Crippen LogP contribution in [0.1, 0.15) is 28.5 Å². The van der Waals surface area contributed by atoms with Crippen molar-refractivity contribution in [3.8, 4) is 34.2 Å². The zero-order valence-corrected chi connectivity index (χ0v) is 22.2. The van der Waals surface area contributed by atoms with Gasteiger partial charge >= 0.3 is 0 Å². The van der Waals surface area contributed by atoms with Crippen molar-refractivity contribution in [1.29, 1.82) is 0 Å². The van der Waals surface area contributed by atoms with Gasteiger partial charge in [-0.25, -0.2) is 0 Å². The average Bonchev–Trinajstić information content (AvgIpc) is 3.28. The number of carbonyl (C=O) groups is 1. The number of hydrogen-bond donors (Lipinski definition) is 0. The van der Waals surface area contributed by atoms with Crippen LogP contribution >= 0.6 is 0 Å². The maximum atomic E-state index is 13.7. The molecule has 1 amide bonds. The van der Waals surface area contributed by atoms with Crippen LogP contribution in [0.25, 0.3) is 16.9 Å². The van der Waals surface area contributed by atoms with Crippen molar-refractivity contribution >= 4 is 5.91 Å². The summed E-state index contributed by atoms with van der Waals surface area (Å²) in [5.74, 6) is 2.13. The number of para-hydroxylation sites is 2. The van der Waals surface area contributed by atoms with Crippen molar-refractivity contribution in [3.05, 3.63) is 95.7 Å². The van der Waals surface area contributed by atoms with Crippen LogP contribution in [-0.2, 0) is 6.42 Å². The number of hydrogen-bond acceptors (Lipinski definition) is 4. The first-order valence-electron chi connectivity index (χ1n) is 12.4. The molecule has 0 spiro atoms. The molecule has 6 heteroatoms. The number of methoxy groups -OCH3 is 2. The molecule has 0 radical (unpaired) electrons. The zero-order valence-electron chi connectivity index (χ0n) is 22.2. The Morgan fingerprint density at radius 3 is 2.27 bits per heavy atom. The Kier molecular flexibility index (Phi) is 8.18. The fourth-order valence-electron chi connectivity index (χ4n) is 4.51. The molecule has 1 heterocycles. The lowest BCUT2D eigenvalue weighted by molar-refractivity contribution is 0.0796. The molecule has 6 nitrogen and oxygen atoms in total. The lowest BCUT2D eigenvalue weighted by Crippen LogP contribution is -2.29. The van der Waals surface area contributed by atoms with Gasteiger partial charge in [-0.1, -0.05) is 48.5 Å². The fraction of sp³-hybridized carbons (Fsp3) is 0.258. The Bertz CT molecular complexity index is 1360. The van der Waals surface area contributed by atoms with E-state index in [1.54, 1.807) is 19.1 Å². The van der Waals surface area contributed by atoms with E-state index >= 15 is 0 Å². The lowest BCUT2D eigenvalue weighted by atomic mass is 10.1. The van der Waals surface area contributed by atoms with Gasteiger partial charge in [-0.3, -0.25) is 4.79 Å². The van der Waals surface area contributed by atoms with Crippen LogP contribution in [0.4, 0.5) is 0 Å². The smallest absolute Gasteiger partial charge is 0.255 e. The Labute approximate surface area is 219 Å². The summed E-state index contributed by atoms with van der Waals surface area (Å²) < 4.78 is 18.8. The van der Waals surface area contributed by atoms with Gasteiger partial charge in [-0.15, -0.1) is 0 Å². The SMILES string of the molecule is CCOc1ccccc1-n1c(-c2ccccc2)cc(C(=O)N(C)CCc2ccc(OC)c(OC)c2)c1C. The molecule has 0 fully saturated rings. The maximum Gasteiger partial charge on any atom is 0.255 e. The Hall–Kier alpha value is -4.19. The van der Waals surface area contributed by atoms with E-state index in [4.69, 9.17) is 14.2 Å². The third-order valence-electron chi connectivity index (χ3n) is 6.48. The number of nitrogens with zero attached hydrogens (tertiary/aromatic N) is 2. The van der Waals surface area contributed by atoms with E-state index in [1.165, 1.54) is 0 Å². The van der Waals surface area contributed by atoms with Gasteiger partial charge in [0.1, 0.15) is 5.75 Å². The lowest BCUT2D eigenvalue weighted by Gasteiger charge is -2.19. The Morgan fingerprint density at radius 1 is 0.865 bits per heavy atom. The van der Waals surface area contributed by atoms with E-state index < -0.39 is 0 Å². The minimum atomic E-state index is -0.0252. The number of amides is 1. The molecule has 0 saturated heterocycles. The molecule has 0 aliphatic carbocycles. The molecule has 0 atom stereocenters. The molecule has 3 aromatic carbocycles. The summed E-state index contributed by atoms with van der Waals surface area (Å²) in [6.45, 7) is 5.09. The van der Waals surface area contributed by atoms with E-state index in [0.29, 0.717) is 36.6 Å². The minimum absolute atomic E-state index is 0.0252. The quantitative estimate of drug-likeness (QED) is 0.262.